The lowest BCUT2D eigenvalue weighted by Crippen LogP contribution is -2.35. The molecule has 0 saturated heterocycles. The number of thiazole rings is 1. The van der Waals surface area contributed by atoms with Crippen LogP contribution in [-0.4, -0.2) is 23.8 Å². The summed E-state index contributed by atoms with van der Waals surface area (Å²) in [5.41, 5.74) is 4.49. The Bertz CT molecular complexity index is 1270. The number of aromatic nitrogens is 1. The molecular weight excluding hydrogens is 422 g/mol. The van der Waals surface area contributed by atoms with E-state index in [2.05, 4.69) is 15.6 Å². The summed E-state index contributed by atoms with van der Waals surface area (Å²) in [6.07, 6.45) is 2.08. The quantitative estimate of drug-likeness (QED) is 0.596. The van der Waals surface area contributed by atoms with Crippen molar-refractivity contribution in [1.82, 2.24) is 10.3 Å². The van der Waals surface area contributed by atoms with Crippen LogP contribution in [0.15, 0.2) is 71.1 Å². The summed E-state index contributed by atoms with van der Waals surface area (Å²) >= 11 is 1.43. The smallest absolute Gasteiger partial charge is 0.256 e. The number of amides is 1. The molecule has 1 aliphatic carbocycles. The predicted molar refractivity (Wildman–Crippen MR) is 126 cm³/mol. The third kappa shape index (κ3) is 3.48. The molecule has 2 N–H and O–H groups in total. The lowest BCUT2D eigenvalue weighted by atomic mass is 9.74. The van der Waals surface area contributed by atoms with E-state index in [1.807, 2.05) is 55.5 Å². The van der Waals surface area contributed by atoms with Crippen LogP contribution in [0, 0.1) is 0 Å². The van der Waals surface area contributed by atoms with Crippen LogP contribution in [0.2, 0.25) is 0 Å². The summed E-state index contributed by atoms with van der Waals surface area (Å²) in [7, 11) is 1.61. The maximum Gasteiger partial charge on any atom is 0.256 e. The highest BCUT2D eigenvalue weighted by Crippen LogP contribution is 2.45. The Morgan fingerprint density at radius 1 is 1.16 bits per heavy atom. The molecule has 0 fully saturated rings. The number of fused-ring (bicyclic) bond motifs is 1. The van der Waals surface area contributed by atoms with Gasteiger partial charge in [-0.3, -0.25) is 14.9 Å². The summed E-state index contributed by atoms with van der Waals surface area (Å²) in [6, 6.07) is 15.4. The summed E-state index contributed by atoms with van der Waals surface area (Å²) in [5.74, 6) is -0.0328. The van der Waals surface area contributed by atoms with Gasteiger partial charge in [-0.1, -0.05) is 41.7 Å². The van der Waals surface area contributed by atoms with E-state index in [1.54, 1.807) is 7.11 Å². The lowest BCUT2D eigenvalue weighted by molar-refractivity contribution is -0.116. The molecule has 0 saturated carbocycles. The monoisotopic (exact) mass is 445 g/mol. The fraction of sp³-hybridized carbons (Fsp3) is 0.240. The number of hydrogen-bond acceptors (Lipinski definition) is 6. The Balaban J connectivity index is 1.59. The number of methoxy groups -OCH3 is 1. The molecule has 162 valence electrons. The summed E-state index contributed by atoms with van der Waals surface area (Å²) in [4.78, 5) is 31.2. The molecule has 1 amide bonds. The zero-order valence-corrected chi connectivity index (χ0v) is 18.7. The van der Waals surface area contributed by atoms with Crippen LogP contribution in [0.5, 0.6) is 5.75 Å². The summed E-state index contributed by atoms with van der Waals surface area (Å²) in [5, 5.41) is 6.86. The number of allylic oxidation sites excluding steroid dienone is 3. The van der Waals surface area contributed by atoms with E-state index < -0.39 is 5.92 Å². The van der Waals surface area contributed by atoms with Gasteiger partial charge < -0.3 is 10.1 Å². The van der Waals surface area contributed by atoms with Gasteiger partial charge in [0, 0.05) is 34.5 Å². The topological polar surface area (TPSA) is 80.3 Å². The van der Waals surface area contributed by atoms with Gasteiger partial charge in [-0.2, -0.15) is 0 Å². The van der Waals surface area contributed by atoms with E-state index in [9.17, 15) is 9.59 Å². The highest BCUT2D eigenvalue weighted by molar-refractivity contribution is 7.22. The van der Waals surface area contributed by atoms with Crippen LogP contribution in [0.4, 0.5) is 5.13 Å². The van der Waals surface area contributed by atoms with E-state index in [4.69, 9.17) is 4.74 Å². The maximum atomic E-state index is 13.6. The number of nitrogens with zero attached hydrogens (tertiary/aromatic N) is 1. The van der Waals surface area contributed by atoms with E-state index >= 15 is 0 Å². The highest BCUT2D eigenvalue weighted by Gasteiger charge is 2.39. The van der Waals surface area contributed by atoms with Crippen LogP contribution in [0.3, 0.4) is 0 Å². The standard InChI is InChI=1S/C25H23N3O3S/c1-14-21(24(30)28-25-27-16-9-4-6-13-20(16)32-25)22(15-8-3-5-12-19(15)31-2)23-17(26-14)10-7-11-18(23)29/h3-6,8-9,12-13,22,26H,7,10-11H2,1-2H3,(H,27,28,30)/t22-/m0/s1. The summed E-state index contributed by atoms with van der Waals surface area (Å²) in [6.45, 7) is 1.89. The van der Waals surface area contributed by atoms with Gasteiger partial charge in [0.25, 0.3) is 5.91 Å². The van der Waals surface area contributed by atoms with E-state index in [1.165, 1.54) is 11.3 Å². The van der Waals surface area contributed by atoms with Crippen LogP contribution in [-0.2, 0) is 9.59 Å². The molecule has 0 radical (unpaired) electrons. The zero-order chi connectivity index (χ0) is 22.2. The van der Waals surface area contributed by atoms with E-state index in [0.29, 0.717) is 28.4 Å². The zero-order valence-electron chi connectivity index (χ0n) is 17.9. The number of nitrogens with one attached hydrogen (secondary N) is 2. The predicted octanol–water partition coefficient (Wildman–Crippen LogP) is 4.91. The van der Waals surface area contributed by atoms with Gasteiger partial charge in [-0.15, -0.1) is 0 Å². The molecule has 1 atom stereocenters. The molecule has 1 aromatic heterocycles. The minimum Gasteiger partial charge on any atom is -0.496 e. The number of benzene rings is 2. The van der Waals surface area contributed by atoms with Crippen molar-refractivity contribution in [2.75, 3.05) is 12.4 Å². The van der Waals surface area contributed by atoms with Gasteiger partial charge in [-0.05, 0) is 38.0 Å². The van der Waals surface area contributed by atoms with Crippen LogP contribution in [0.25, 0.3) is 10.2 Å². The molecule has 2 aromatic carbocycles. The molecular formula is C25H23N3O3S. The molecule has 3 aromatic rings. The number of anilines is 1. The average molecular weight is 446 g/mol. The van der Waals surface area contributed by atoms with Crippen molar-refractivity contribution in [3.63, 3.8) is 0 Å². The molecule has 0 bridgehead atoms. The number of rotatable bonds is 4. The first-order valence-electron chi connectivity index (χ1n) is 10.6. The molecule has 2 heterocycles. The highest BCUT2D eigenvalue weighted by atomic mass is 32.1. The minimum absolute atomic E-state index is 0.0763. The van der Waals surface area contributed by atoms with E-state index in [0.717, 1.165) is 40.0 Å². The molecule has 1 aliphatic heterocycles. The Labute approximate surface area is 190 Å². The van der Waals surface area contributed by atoms with Crippen molar-refractivity contribution in [1.29, 1.82) is 0 Å². The largest absolute Gasteiger partial charge is 0.496 e. The van der Waals surface area contributed by atoms with Crippen LogP contribution in [0.1, 0.15) is 37.7 Å². The fourth-order valence-electron chi connectivity index (χ4n) is 4.59. The van der Waals surface area contributed by atoms with Gasteiger partial charge >= 0.3 is 0 Å². The molecule has 0 spiro atoms. The number of carbonyl (C=O) groups is 2. The SMILES string of the molecule is COc1ccccc1[C@H]1C(C(=O)Nc2nc3ccccc3s2)=C(C)NC2=C1C(=O)CCC2. The van der Waals surface area contributed by atoms with Crippen molar-refractivity contribution in [2.24, 2.45) is 0 Å². The average Bonchev–Trinajstić information content (AvgIpc) is 3.20. The van der Waals surface area contributed by atoms with Gasteiger partial charge in [-0.25, -0.2) is 4.98 Å². The molecule has 2 aliphatic rings. The van der Waals surface area contributed by atoms with Gasteiger partial charge in [0.2, 0.25) is 0 Å². The number of hydrogen-bond donors (Lipinski definition) is 2. The lowest BCUT2D eigenvalue weighted by Gasteiger charge is -2.34. The molecule has 0 unspecified atom stereocenters. The van der Waals surface area contributed by atoms with Crippen molar-refractivity contribution >= 4 is 38.4 Å². The van der Waals surface area contributed by atoms with Gasteiger partial charge in [0.1, 0.15) is 5.75 Å². The fourth-order valence-corrected chi connectivity index (χ4v) is 5.45. The molecule has 32 heavy (non-hydrogen) atoms. The second-order valence-electron chi connectivity index (χ2n) is 7.95. The Kier molecular flexibility index (Phi) is 5.27. The molecule has 5 rings (SSSR count). The van der Waals surface area contributed by atoms with Crippen molar-refractivity contribution < 1.29 is 14.3 Å². The number of para-hydroxylation sites is 2. The molecule has 6 nitrogen and oxygen atoms in total. The number of Topliss-reactive ketones (excluding diaryl/α,β-unsaturated/α-hetero) is 1. The van der Waals surface area contributed by atoms with Gasteiger partial charge in [0.05, 0.1) is 23.2 Å². The van der Waals surface area contributed by atoms with Crippen LogP contribution >= 0.6 is 11.3 Å². The Morgan fingerprint density at radius 3 is 2.75 bits per heavy atom. The second kappa shape index (κ2) is 8.24. The van der Waals surface area contributed by atoms with Crippen molar-refractivity contribution in [3.05, 3.63) is 76.6 Å². The summed E-state index contributed by atoms with van der Waals surface area (Å²) < 4.78 is 6.62. The van der Waals surface area contributed by atoms with Gasteiger partial charge in [0.15, 0.2) is 10.9 Å². The van der Waals surface area contributed by atoms with Crippen molar-refractivity contribution in [3.8, 4) is 5.75 Å². The normalized spacial score (nSPS) is 18.4. The first kappa shape index (κ1) is 20.5. The maximum absolute atomic E-state index is 13.6. The van der Waals surface area contributed by atoms with E-state index in [-0.39, 0.29) is 11.7 Å². The second-order valence-corrected chi connectivity index (χ2v) is 8.98. The van der Waals surface area contributed by atoms with Crippen LogP contribution < -0.4 is 15.4 Å². The molecule has 7 heteroatoms. The Morgan fingerprint density at radius 2 is 1.94 bits per heavy atom. The number of ketones is 1. The number of carbonyl (C=O) groups excluding carboxylic acids is 2. The Hall–Kier alpha value is -3.45. The van der Waals surface area contributed by atoms with Crippen molar-refractivity contribution in [2.45, 2.75) is 32.1 Å². The number of dihydropyridines is 1. The minimum atomic E-state index is -0.496. The first-order valence-corrected chi connectivity index (χ1v) is 11.4. The number of ether oxygens (including phenoxy) is 1. The third-order valence-corrected chi connectivity index (χ3v) is 6.94. The first-order chi connectivity index (χ1) is 15.6. The third-order valence-electron chi connectivity index (χ3n) is 5.98.